The van der Waals surface area contributed by atoms with Gasteiger partial charge in [0.15, 0.2) is 11.5 Å². The van der Waals surface area contributed by atoms with Crippen LogP contribution in [0.2, 0.25) is 0 Å². The summed E-state index contributed by atoms with van der Waals surface area (Å²) in [4.78, 5) is 25.7. The molecule has 0 saturated carbocycles. The molecule has 6 nitrogen and oxygen atoms in total. The second-order valence-electron chi connectivity index (χ2n) is 6.38. The van der Waals surface area contributed by atoms with Gasteiger partial charge in [-0.1, -0.05) is 18.2 Å². The van der Waals surface area contributed by atoms with E-state index in [1.807, 2.05) is 44.2 Å². The minimum Gasteiger partial charge on any atom is -0.490 e. The van der Waals surface area contributed by atoms with Crippen LogP contribution in [-0.4, -0.2) is 44.0 Å². The summed E-state index contributed by atoms with van der Waals surface area (Å²) in [5, 5.41) is 2.58. The average molecular weight is 396 g/mol. The van der Waals surface area contributed by atoms with Crippen LogP contribution >= 0.6 is 0 Å². The van der Waals surface area contributed by atoms with Crippen LogP contribution in [0.25, 0.3) is 6.08 Å². The van der Waals surface area contributed by atoms with Gasteiger partial charge in [-0.15, -0.1) is 0 Å². The number of nitrogens with zero attached hydrogens (tertiary/aromatic N) is 1. The van der Waals surface area contributed by atoms with Gasteiger partial charge in [-0.05, 0) is 55.3 Å². The molecule has 2 aromatic rings. The predicted molar refractivity (Wildman–Crippen MR) is 114 cm³/mol. The molecule has 1 N–H and O–H groups in total. The number of rotatable bonds is 9. The van der Waals surface area contributed by atoms with E-state index >= 15 is 0 Å². The van der Waals surface area contributed by atoms with Crippen LogP contribution in [0.3, 0.4) is 0 Å². The van der Waals surface area contributed by atoms with Gasteiger partial charge in [-0.2, -0.15) is 0 Å². The van der Waals surface area contributed by atoms with Crippen molar-refractivity contribution in [3.8, 4) is 11.5 Å². The summed E-state index contributed by atoms with van der Waals surface area (Å²) in [6.45, 7) is 5.38. The molecular weight excluding hydrogens is 368 g/mol. The third kappa shape index (κ3) is 6.38. The number of benzene rings is 2. The Morgan fingerprint density at radius 1 is 1.00 bits per heavy atom. The maximum absolute atomic E-state index is 12.4. The van der Waals surface area contributed by atoms with Crippen LogP contribution in [0, 0.1) is 0 Å². The lowest BCUT2D eigenvalue weighted by Gasteiger charge is -2.15. The Morgan fingerprint density at radius 3 is 2.28 bits per heavy atom. The lowest BCUT2D eigenvalue weighted by atomic mass is 10.1. The normalized spacial score (nSPS) is 10.6. The van der Waals surface area contributed by atoms with E-state index < -0.39 is 0 Å². The minimum atomic E-state index is -0.134. The smallest absolute Gasteiger partial charge is 0.251 e. The summed E-state index contributed by atoms with van der Waals surface area (Å²) in [5.74, 6) is 1.10. The molecule has 154 valence electrons. The molecule has 0 heterocycles. The fraction of sp³-hybridized carbons (Fsp3) is 0.304. The third-order valence-corrected chi connectivity index (χ3v) is 4.22. The first-order valence-electron chi connectivity index (χ1n) is 9.62. The molecule has 0 aliphatic heterocycles. The zero-order valence-corrected chi connectivity index (χ0v) is 17.4. The molecule has 0 radical (unpaired) electrons. The van der Waals surface area contributed by atoms with Gasteiger partial charge >= 0.3 is 0 Å². The van der Waals surface area contributed by atoms with Crippen molar-refractivity contribution in [3.05, 3.63) is 65.2 Å². The number of carbonyl (C=O) groups excluding carboxylic acids is 2. The monoisotopic (exact) mass is 396 g/mol. The van der Waals surface area contributed by atoms with Gasteiger partial charge in [0.25, 0.3) is 5.91 Å². The van der Waals surface area contributed by atoms with Crippen LogP contribution in [0.4, 0.5) is 0 Å². The van der Waals surface area contributed by atoms with Gasteiger partial charge in [-0.3, -0.25) is 9.59 Å². The number of ether oxygens (including phenoxy) is 2. The number of nitrogens with one attached hydrogen (secondary N) is 1. The highest BCUT2D eigenvalue weighted by molar-refractivity contribution is 5.94. The number of amides is 2. The maximum Gasteiger partial charge on any atom is 0.251 e. The Bertz CT molecular complexity index is 860. The highest BCUT2D eigenvalue weighted by atomic mass is 16.5. The number of hydrogen-bond acceptors (Lipinski definition) is 4. The van der Waals surface area contributed by atoms with E-state index in [0.717, 1.165) is 11.1 Å². The van der Waals surface area contributed by atoms with E-state index in [1.165, 1.54) is 6.08 Å². The number of hydrogen-bond donors (Lipinski definition) is 1. The molecule has 2 amide bonds. The quantitative estimate of drug-likeness (QED) is 0.659. The molecule has 2 aromatic carbocycles. The zero-order valence-electron chi connectivity index (χ0n) is 17.4. The Hall–Kier alpha value is -3.28. The Morgan fingerprint density at radius 2 is 1.66 bits per heavy atom. The lowest BCUT2D eigenvalue weighted by Crippen LogP contribution is -2.24. The van der Waals surface area contributed by atoms with Crippen LogP contribution in [0.1, 0.15) is 35.3 Å². The first kappa shape index (κ1) is 22.0. The predicted octanol–water partition coefficient (Wildman–Crippen LogP) is 3.52. The molecule has 0 aliphatic rings. The van der Waals surface area contributed by atoms with E-state index in [4.69, 9.17) is 9.47 Å². The van der Waals surface area contributed by atoms with E-state index in [0.29, 0.717) is 36.8 Å². The Labute approximate surface area is 172 Å². The average Bonchev–Trinajstić information content (AvgIpc) is 2.73. The first-order chi connectivity index (χ1) is 14.0. The fourth-order valence-corrected chi connectivity index (χ4v) is 2.72. The van der Waals surface area contributed by atoms with Crippen LogP contribution in [0.5, 0.6) is 11.5 Å². The molecule has 6 heteroatoms. The summed E-state index contributed by atoms with van der Waals surface area (Å²) < 4.78 is 11.2. The third-order valence-electron chi connectivity index (χ3n) is 4.22. The summed E-state index contributed by atoms with van der Waals surface area (Å²) in [6, 6.07) is 12.8. The van der Waals surface area contributed by atoms with Gasteiger partial charge < -0.3 is 19.7 Å². The van der Waals surface area contributed by atoms with Gasteiger partial charge in [0, 0.05) is 32.3 Å². The molecule has 0 aromatic heterocycles. The van der Waals surface area contributed by atoms with Gasteiger partial charge in [0.05, 0.1) is 13.2 Å². The number of likely N-dealkylation sites (N-methyl/N-ethyl adjacent to an activating group) is 1. The maximum atomic E-state index is 12.4. The highest BCUT2D eigenvalue weighted by Crippen LogP contribution is 2.29. The second kappa shape index (κ2) is 10.9. The Balaban J connectivity index is 2.02. The van der Waals surface area contributed by atoms with Crippen LogP contribution in [-0.2, 0) is 11.3 Å². The van der Waals surface area contributed by atoms with Crippen molar-refractivity contribution in [1.82, 2.24) is 10.2 Å². The molecule has 0 atom stereocenters. The topological polar surface area (TPSA) is 67.9 Å². The van der Waals surface area contributed by atoms with Crippen molar-refractivity contribution in [1.29, 1.82) is 0 Å². The summed E-state index contributed by atoms with van der Waals surface area (Å²) in [5.41, 5.74) is 2.39. The summed E-state index contributed by atoms with van der Waals surface area (Å²) in [6.07, 6.45) is 3.29. The molecule has 29 heavy (non-hydrogen) atoms. The van der Waals surface area contributed by atoms with Crippen molar-refractivity contribution >= 4 is 17.9 Å². The van der Waals surface area contributed by atoms with Gasteiger partial charge in [-0.25, -0.2) is 0 Å². The molecule has 0 aliphatic carbocycles. The fourth-order valence-electron chi connectivity index (χ4n) is 2.72. The largest absolute Gasteiger partial charge is 0.490 e. The molecule has 2 rings (SSSR count). The van der Waals surface area contributed by atoms with E-state index in [-0.39, 0.29) is 11.8 Å². The van der Waals surface area contributed by atoms with Crippen molar-refractivity contribution in [2.75, 3.05) is 27.3 Å². The Kier molecular flexibility index (Phi) is 8.27. The highest BCUT2D eigenvalue weighted by Gasteiger charge is 2.09. The summed E-state index contributed by atoms with van der Waals surface area (Å²) >= 11 is 0. The van der Waals surface area contributed by atoms with Crippen molar-refractivity contribution < 1.29 is 19.1 Å². The van der Waals surface area contributed by atoms with Crippen LogP contribution in [0.15, 0.2) is 48.5 Å². The second-order valence-corrected chi connectivity index (χ2v) is 6.38. The van der Waals surface area contributed by atoms with Crippen molar-refractivity contribution in [3.63, 3.8) is 0 Å². The van der Waals surface area contributed by atoms with E-state index in [9.17, 15) is 9.59 Å². The molecule has 0 saturated heterocycles. The van der Waals surface area contributed by atoms with Crippen molar-refractivity contribution in [2.45, 2.75) is 20.4 Å². The molecule has 0 spiro atoms. The minimum absolute atomic E-state index is 0.118. The van der Waals surface area contributed by atoms with Gasteiger partial charge in [0.2, 0.25) is 5.91 Å². The van der Waals surface area contributed by atoms with Gasteiger partial charge in [0.1, 0.15) is 0 Å². The SMILES string of the molecule is CCOc1ccc(/C=C/C(=O)N(C)Cc2ccc(C(=O)NC)cc2)cc1OCC. The standard InChI is InChI=1S/C23H28N2O4/c1-5-28-20-13-9-17(15-21(20)29-6-2)10-14-22(26)25(4)16-18-7-11-19(12-8-18)23(27)24-3/h7-15H,5-6,16H2,1-4H3,(H,24,27)/b14-10+. The van der Waals surface area contributed by atoms with Crippen molar-refractivity contribution in [2.24, 2.45) is 0 Å². The van der Waals surface area contributed by atoms with Crippen LogP contribution < -0.4 is 14.8 Å². The zero-order chi connectivity index (χ0) is 21.2. The first-order valence-corrected chi connectivity index (χ1v) is 9.62. The molecule has 0 fully saturated rings. The van der Waals surface area contributed by atoms with E-state index in [2.05, 4.69) is 5.32 Å². The molecule has 0 unspecified atom stereocenters. The molecular formula is C23H28N2O4. The molecule has 0 bridgehead atoms. The summed E-state index contributed by atoms with van der Waals surface area (Å²) in [7, 11) is 3.33. The number of carbonyl (C=O) groups is 2. The lowest BCUT2D eigenvalue weighted by molar-refractivity contribution is -0.125. The van der Waals surface area contributed by atoms with E-state index in [1.54, 1.807) is 37.2 Å².